The van der Waals surface area contributed by atoms with Gasteiger partial charge in [-0.25, -0.2) is 4.68 Å². The molecule has 1 saturated carbocycles. The molecule has 1 fully saturated rings. The Kier molecular flexibility index (Phi) is 3.37. The summed E-state index contributed by atoms with van der Waals surface area (Å²) in [6.45, 7) is 4.30. The Morgan fingerprint density at radius 2 is 2.19 bits per heavy atom. The molecule has 0 radical (unpaired) electrons. The molecule has 1 aliphatic rings. The monoisotopic (exact) mass is 307 g/mol. The topological polar surface area (TPSA) is 78.8 Å². The Hall–Kier alpha value is -1.66. The number of nitrogens with two attached hydrogens (primary N) is 1. The minimum absolute atomic E-state index is 0.0467. The summed E-state index contributed by atoms with van der Waals surface area (Å²) in [7, 11) is 1.73. The molecule has 0 spiro atoms. The molecule has 2 aromatic rings. The summed E-state index contributed by atoms with van der Waals surface area (Å²) in [5.74, 6) is 0.603. The zero-order chi connectivity index (χ0) is 15.2. The molecule has 2 unspecified atom stereocenters. The van der Waals surface area contributed by atoms with E-state index in [-0.39, 0.29) is 17.6 Å². The van der Waals surface area contributed by atoms with E-state index in [0.29, 0.717) is 22.1 Å². The van der Waals surface area contributed by atoms with Crippen LogP contribution in [0.2, 0.25) is 5.02 Å². The van der Waals surface area contributed by atoms with E-state index >= 15 is 0 Å². The lowest BCUT2D eigenvalue weighted by Gasteiger charge is -2.50. The van der Waals surface area contributed by atoms with Crippen molar-refractivity contribution in [1.82, 2.24) is 20.2 Å². The van der Waals surface area contributed by atoms with Crippen LogP contribution in [0.4, 0.5) is 5.69 Å². The average molecular weight is 308 g/mol. The molecule has 1 aromatic heterocycles. The van der Waals surface area contributed by atoms with E-state index in [2.05, 4.69) is 29.4 Å². The van der Waals surface area contributed by atoms with E-state index in [4.69, 9.17) is 22.1 Å². The van der Waals surface area contributed by atoms with E-state index in [1.165, 1.54) is 0 Å². The first-order valence-corrected chi connectivity index (χ1v) is 7.19. The van der Waals surface area contributed by atoms with Crippen molar-refractivity contribution in [1.29, 1.82) is 0 Å². The van der Waals surface area contributed by atoms with Gasteiger partial charge in [-0.3, -0.25) is 0 Å². The lowest BCUT2D eigenvalue weighted by molar-refractivity contribution is -0.116. The van der Waals surface area contributed by atoms with Crippen LogP contribution in [0.5, 0.6) is 0 Å². The molecule has 6 nitrogen and oxygen atoms in total. The number of benzene rings is 1. The SMILES string of the molecule is COC1CC(n2nnnc2-c2c(N)cccc2Cl)C1(C)C. The van der Waals surface area contributed by atoms with Crippen molar-refractivity contribution < 1.29 is 4.74 Å². The number of nitrogens with zero attached hydrogens (tertiary/aromatic N) is 4. The third-order valence-corrected chi connectivity index (χ3v) is 4.78. The second-order valence-corrected chi connectivity index (χ2v) is 6.36. The largest absolute Gasteiger partial charge is 0.398 e. The highest BCUT2D eigenvalue weighted by molar-refractivity contribution is 6.33. The van der Waals surface area contributed by atoms with Gasteiger partial charge >= 0.3 is 0 Å². The number of halogens is 1. The number of nitrogen functional groups attached to an aromatic ring is 1. The average Bonchev–Trinajstić information content (AvgIpc) is 2.86. The molecule has 2 N–H and O–H groups in total. The van der Waals surface area contributed by atoms with Crippen LogP contribution < -0.4 is 5.73 Å². The summed E-state index contributed by atoms with van der Waals surface area (Å²) in [5, 5.41) is 12.6. The summed E-state index contributed by atoms with van der Waals surface area (Å²) < 4.78 is 7.30. The molecule has 7 heteroatoms. The first-order chi connectivity index (χ1) is 9.96. The molecule has 1 aliphatic carbocycles. The predicted molar refractivity (Wildman–Crippen MR) is 80.9 cm³/mol. The summed E-state index contributed by atoms with van der Waals surface area (Å²) in [6, 6.07) is 5.55. The lowest BCUT2D eigenvalue weighted by Crippen LogP contribution is -2.51. The van der Waals surface area contributed by atoms with Crippen LogP contribution >= 0.6 is 11.6 Å². The fraction of sp³-hybridized carbons (Fsp3) is 0.500. The highest BCUT2D eigenvalue weighted by atomic mass is 35.5. The lowest BCUT2D eigenvalue weighted by atomic mass is 9.64. The van der Waals surface area contributed by atoms with Gasteiger partial charge in [0.25, 0.3) is 0 Å². The number of tetrazole rings is 1. The van der Waals surface area contributed by atoms with Crippen molar-refractivity contribution in [3.63, 3.8) is 0 Å². The third-order valence-electron chi connectivity index (χ3n) is 4.47. The van der Waals surface area contributed by atoms with Crippen LogP contribution in [0.1, 0.15) is 26.3 Å². The molecule has 112 valence electrons. The molecule has 1 heterocycles. The molecule has 0 saturated heterocycles. The predicted octanol–water partition coefficient (Wildman–Crippen LogP) is 2.56. The fourth-order valence-electron chi connectivity index (χ4n) is 3.02. The maximum atomic E-state index is 6.27. The number of rotatable bonds is 3. The first kappa shape index (κ1) is 14.3. The molecule has 0 aliphatic heterocycles. The highest BCUT2D eigenvalue weighted by Gasteiger charge is 2.51. The molecule has 0 amide bonds. The van der Waals surface area contributed by atoms with Crippen molar-refractivity contribution in [2.75, 3.05) is 12.8 Å². The number of ether oxygens (including phenoxy) is 1. The molecule has 2 atom stereocenters. The number of hydrogen-bond donors (Lipinski definition) is 1. The molecule has 3 rings (SSSR count). The van der Waals surface area contributed by atoms with Gasteiger partial charge in [-0.2, -0.15) is 0 Å². The van der Waals surface area contributed by atoms with Crippen LogP contribution in [-0.4, -0.2) is 33.4 Å². The Balaban J connectivity index is 2.04. The zero-order valence-corrected chi connectivity index (χ0v) is 13.0. The number of anilines is 1. The maximum Gasteiger partial charge on any atom is 0.185 e. The van der Waals surface area contributed by atoms with Gasteiger partial charge in [-0.15, -0.1) is 5.10 Å². The zero-order valence-electron chi connectivity index (χ0n) is 12.2. The minimum Gasteiger partial charge on any atom is -0.398 e. The minimum atomic E-state index is -0.0467. The molecule has 21 heavy (non-hydrogen) atoms. The van der Waals surface area contributed by atoms with Crippen molar-refractivity contribution in [2.24, 2.45) is 5.41 Å². The summed E-state index contributed by atoms with van der Waals surface area (Å²) in [6.07, 6.45) is 1.06. The van der Waals surface area contributed by atoms with Gasteiger partial charge in [-0.05, 0) is 29.0 Å². The summed E-state index contributed by atoms with van der Waals surface area (Å²) in [4.78, 5) is 0. The van der Waals surface area contributed by atoms with Gasteiger partial charge in [0.1, 0.15) is 0 Å². The second kappa shape index (κ2) is 4.96. The van der Waals surface area contributed by atoms with Crippen LogP contribution in [0.3, 0.4) is 0 Å². The van der Waals surface area contributed by atoms with Crippen molar-refractivity contribution >= 4 is 17.3 Å². The van der Waals surface area contributed by atoms with Crippen LogP contribution in [0.25, 0.3) is 11.4 Å². The van der Waals surface area contributed by atoms with Crippen LogP contribution in [-0.2, 0) is 4.74 Å². The normalized spacial score (nSPS) is 23.8. The van der Waals surface area contributed by atoms with Gasteiger partial charge < -0.3 is 10.5 Å². The van der Waals surface area contributed by atoms with Crippen LogP contribution in [0.15, 0.2) is 18.2 Å². The molecule has 1 aromatic carbocycles. The Morgan fingerprint density at radius 3 is 2.81 bits per heavy atom. The van der Waals surface area contributed by atoms with E-state index in [9.17, 15) is 0 Å². The van der Waals surface area contributed by atoms with Crippen molar-refractivity contribution in [2.45, 2.75) is 32.4 Å². The maximum absolute atomic E-state index is 6.27. The van der Waals surface area contributed by atoms with Gasteiger partial charge in [0.2, 0.25) is 0 Å². The van der Waals surface area contributed by atoms with E-state index in [1.807, 2.05) is 10.7 Å². The van der Waals surface area contributed by atoms with E-state index in [0.717, 1.165) is 6.42 Å². The highest BCUT2D eigenvalue weighted by Crippen LogP contribution is 2.51. The number of aromatic nitrogens is 4. The first-order valence-electron chi connectivity index (χ1n) is 6.81. The number of methoxy groups -OCH3 is 1. The Morgan fingerprint density at radius 1 is 1.43 bits per heavy atom. The Labute approximate surface area is 128 Å². The van der Waals surface area contributed by atoms with Gasteiger partial charge in [0.15, 0.2) is 5.82 Å². The smallest absolute Gasteiger partial charge is 0.185 e. The molecular formula is C14H18ClN5O. The van der Waals surface area contributed by atoms with Crippen molar-refractivity contribution in [3.05, 3.63) is 23.2 Å². The molecule has 0 bridgehead atoms. The van der Waals surface area contributed by atoms with Crippen LogP contribution in [0, 0.1) is 5.41 Å². The van der Waals surface area contributed by atoms with Gasteiger partial charge in [-0.1, -0.05) is 31.5 Å². The Bertz CT molecular complexity index is 649. The standard InChI is InChI=1S/C14H18ClN5O/c1-14(2)10(7-11(14)21-3)20-13(17-18-19-20)12-8(15)5-4-6-9(12)16/h4-6,10-11H,7,16H2,1-3H3. The summed E-state index contributed by atoms with van der Waals surface area (Å²) in [5.41, 5.74) is 7.25. The fourth-order valence-corrected chi connectivity index (χ4v) is 3.29. The van der Waals surface area contributed by atoms with E-state index < -0.39 is 0 Å². The number of hydrogen-bond acceptors (Lipinski definition) is 5. The second-order valence-electron chi connectivity index (χ2n) is 5.95. The third kappa shape index (κ3) is 2.10. The van der Waals surface area contributed by atoms with Gasteiger partial charge in [0, 0.05) is 18.2 Å². The van der Waals surface area contributed by atoms with Gasteiger partial charge in [0.05, 0.1) is 22.7 Å². The van der Waals surface area contributed by atoms with Crippen molar-refractivity contribution in [3.8, 4) is 11.4 Å². The molecular weight excluding hydrogens is 290 g/mol. The quantitative estimate of drug-likeness (QED) is 0.882. The summed E-state index contributed by atoms with van der Waals surface area (Å²) >= 11 is 6.27. The van der Waals surface area contributed by atoms with E-state index in [1.54, 1.807) is 19.2 Å².